The van der Waals surface area contributed by atoms with Crippen LogP contribution in [0.5, 0.6) is 0 Å². The van der Waals surface area contributed by atoms with E-state index in [2.05, 4.69) is 9.97 Å². The van der Waals surface area contributed by atoms with E-state index in [-0.39, 0.29) is 11.5 Å². The lowest BCUT2D eigenvalue weighted by molar-refractivity contribution is 0.645. The quantitative estimate of drug-likeness (QED) is 0.657. The van der Waals surface area contributed by atoms with Gasteiger partial charge in [-0.1, -0.05) is 13.0 Å². The maximum absolute atomic E-state index is 12.4. The van der Waals surface area contributed by atoms with Crippen LogP contribution in [-0.4, -0.2) is 9.97 Å². The number of aromatic nitrogens is 2. The van der Waals surface area contributed by atoms with E-state index in [1.807, 2.05) is 6.92 Å². The van der Waals surface area contributed by atoms with Crippen LogP contribution in [0.15, 0.2) is 36.1 Å². The Labute approximate surface area is 88.9 Å². The molecule has 1 heterocycles. The van der Waals surface area contributed by atoms with Crippen molar-refractivity contribution in [1.82, 2.24) is 9.97 Å². The van der Waals surface area contributed by atoms with Crippen molar-refractivity contribution in [3.05, 3.63) is 36.1 Å². The summed E-state index contributed by atoms with van der Waals surface area (Å²) in [5, 5.41) is 0. The van der Waals surface area contributed by atoms with Gasteiger partial charge in [-0.25, -0.2) is 9.37 Å². The number of halogens is 1. The van der Waals surface area contributed by atoms with Crippen LogP contribution in [0.25, 0.3) is 0 Å². The molecule has 0 saturated carbocycles. The Morgan fingerprint density at radius 3 is 2.60 bits per heavy atom. The van der Waals surface area contributed by atoms with Crippen LogP contribution in [0.2, 0.25) is 0 Å². The summed E-state index contributed by atoms with van der Waals surface area (Å²) in [6.45, 7) is 3.53. The van der Waals surface area contributed by atoms with Crippen molar-refractivity contribution >= 4 is 5.95 Å². The third-order valence-corrected chi connectivity index (χ3v) is 1.47. The average molecular weight is 212 g/mol. The zero-order chi connectivity index (χ0) is 11.7. The highest BCUT2D eigenvalue weighted by atomic mass is 19.1. The van der Waals surface area contributed by atoms with E-state index >= 15 is 0 Å². The van der Waals surface area contributed by atoms with Gasteiger partial charge in [-0.05, 0) is 19.4 Å². The number of hydrogen-bond donors (Lipinski definition) is 3. The number of allylic oxidation sites excluding steroid dienone is 3. The molecular formula is C10H17FN4. The Hall–Kier alpha value is -1.78. The molecule has 0 unspecified atom stereocenters. The molecule has 0 fully saturated rings. The van der Waals surface area contributed by atoms with Gasteiger partial charge >= 0.3 is 0 Å². The largest absolute Gasteiger partial charge is 0.397 e. The molecular weight excluding hydrogens is 195 g/mol. The molecule has 0 aromatic carbocycles. The van der Waals surface area contributed by atoms with Gasteiger partial charge in [-0.2, -0.15) is 0 Å². The summed E-state index contributed by atoms with van der Waals surface area (Å²) in [7, 11) is 0. The molecule has 0 atom stereocenters. The second-order valence-electron chi connectivity index (χ2n) is 2.68. The number of aromatic amines is 1. The second kappa shape index (κ2) is 7.61. The van der Waals surface area contributed by atoms with Crippen LogP contribution >= 0.6 is 0 Å². The van der Waals surface area contributed by atoms with Crippen molar-refractivity contribution in [3.63, 3.8) is 0 Å². The summed E-state index contributed by atoms with van der Waals surface area (Å²) in [6, 6.07) is 0. The van der Waals surface area contributed by atoms with Crippen molar-refractivity contribution in [1.29, 1.82) is 0 Å². The highest BCUT2D eigenvalue weighted by molar-refractivity contribution is 5.20. The van der Waals surface area contributed by atoms with E-state index in [9.17, 15) is 4.39 Å². The van der Waals surface area contributed by atoms with E-state index in [1.54, 1.807) is 25.4 Å². The van der Waals surface area contributed by atoms with Gasteiger partial charge in [0.05, 0.1) is 5.70 Å². The second-order valence-corrected chi connectivity index (χ2v) is 2.68. The maximum Gasteiger partial charge on any atom is 0.197 e. The predicted octanol–water partition coefficient (Wildman–Crippen LogP) is 2.10. The number of anilines is 1. The first-order valence-corrected chi connectivity index (χ1v) is 4.64. The average Bonchev–Trinajstić information content (AvgIpc) is 2.69. The Morgan fingerprint density at radius 2 is 2.33 bits per heavy atom. The van der Waals surface area contributed by atoms with Gasteiger partial charge < -0.3 is 16.5 Å². The van der Waals surface area contributed by atoms with Crippen LogP contribution < -0.4 is 11.5 Å². The molecule has 84 valence electrons. The van der Waals surface area contributed by atoms with Crippen LogP contribution in [0.3, 0.4) is 0 Å². The standard InChI is InChI=1S/C7H12FN.C3H5N3/c1-3-5-7(9)6(8)4-2;4-3-5-1-2-6-3/h4-5H,3,9H2,1-2H3;1-2H,(H3,4,5,6)/b6-4+,7-5+;. The van der Waals surface area contributed by atoms with Crippen LogP contribution in [-0.2, 0) is 0 Å². The molecule has 0 aliphatic carbocycles. The van der Waals surface area contributed by atoms with Crippen LogP contribution in [0, 0.1) is 0 Å². The first-order chi connectivity index (χ1) is 7.11. The molecule has 5 heteroatoms. The van der Waals surface area contributed by atoms with E-state index in [0.717, 1.165) is 6.42 Å². The predicted molar refractivity (Wildman–Crippen MR) is 60.4 cm³/mol. The van der Waals surface area contributed by atoms with Gasteiger partial charge in [0, 0.05) is 12.4 Å². The van der Waals surface area contributed by atoms with Gasteiger partial charge in [-0.15, -0.1) is 0 Å². The van der Waals surface area contributed by atoms with Gasteiger partial charge in [0.2, 0.25) is 0 Å². The van der Waals surface area contributed by atoms with Crippen molar-refractivity contribution in [2.24, 2.45) is 5.73 Å². The molecule has 0 amide bonds. The highest BCUT2D eigenvalue weighted by Gasteiger charge is 1.92. The Morgan fingerprint density at radius 1 is 1.67 bits per heavy atom. The van der Waals surface area contributed by atoms with E-state index < -0.39 is 0 Å². The number of nitrogens with zero attached hydrogens (tertiary/aromatic N) is 1. The molecule has 0 spiro atoms. The summed E-state index contributed by atoms with van der Waals surface area (Å²) in [4.78, 5) is 6.31. The van der Waals surface area contributed by atoms with Crippen molar-refractivity contribution in [2.45, 2.75) is 20.3 Å². The summed E-state index contributed by atoms with van der Waals surface area (Å²) in [5.41, 5.74) is 10.6. The lowest BCUT2D eigenvalue weighted by Crippen LogP contribution is -1.96. The summed E-state index contributed by atoms with van der Waals surface area (Å²) in [6.07, 6.45) is 7.05. The van der Waals surface area contributed by atoms with E-state index in [4.69, 9.17) is 11.5 Å². The minimum atomic E-state index is -0.336. The fourth-order valence-electron chi connectivity index (χ4n) is 0.762. The monoisotopic (exact) mass is 212 g/mol. The lowest BCUT2D eigenvalue weighted by Gasteiger charge is -1.93. The van der Waals surface area contributed by atoms with Crippen LogP contribution in [0.4, 0.5) is 10.3 Å². The SMILES string of the molecule is C/C=C(F)\C(N)=C/CC.Nc1ncc[nH]1. The van der Waals surface area contributed by atoms with Gasteiger partial charge in [-0.3, -0.25) is 0 Å². The number of nitrogen functional groups attached to an aromatic ring is 1. The molecule has 0 aliphatic heterocycles. The van der Waals surface area contributed by atoms with Gasteiger partial charge in [0.15, 0.2) is 5.95 Å². The fraction of sp³-hybridized carbons (Fsp3) is 0.300. The number of nitrogens with two attached hydrogens (primary N) is 2. The maximum atomic E-state index is 12.4. The molecule has 1 aromatic rings. The molecule has 0 bridgehead atoms. The minimum absolute atomic E-state index is 0.236. The molecule has 5 N–H and O–H groups in total. The van der Waals surface area contributed by atoms with Crippen molar-refractivity contribution < 1.29 is 4.39 Å². The summed E-state index contributed by atoms with van der Waals surface area (Å²) >= 11 is 0. The topological polar surface area (TPSA) is 80.7 Å². The molecule has 0 aliphatic rings. The zero-order valence-electron chi connectivity index (χ0n) is 9.00. The molecule has 0 radical (unpaired) electrons. The Balaban J connectivity index is 0.000000280. The molecule has 15 heavy (non-hydrogen) atoms. The molecule has 1 aromatic heterocycles. The van der Waals surface area contributed by atoms with Crippen LogP contribution in [0.1, 0.15) is 20.3 Å². The summed E-state index contributed by atoms with van der Waals surface area (Å²) < 4.78 is 12.4. The first-order valence-electron chi connectivity index (χ1n) is 4.64. The normalized spacial score (nSPS) is 11.9. The third kappa shape index (κ3) is 6.31. The Bertz CT molecular complexity index is 314. The van der Waals surface area contributed by atoms with Gasteiger partial charge in [0.1, 0.15) is 5.83 Å². The number of hydrogen-bond acceptors (Lipinski definition) is 3. The fourth-order valence-corrected chi connectivity index (χ4v) is 0.762. The highest BCUT2D eigenvalue weighted by Crippen LogP contribution is 2.04. The molecule has 1 rings (SSSR count). The van der Waals surface area contributed by atoms with E-state index in [1.165, 1.54) is 6.08 Å². The number of nitrogens with one attached hydrogen (secondary N) is 1. The van der Waals surface area contributed by atoms with E-state index in [0.29, 0.717) is 5.95 Å². The molecule has 0 saturated heterocycles. The number of imidazole rings is 1. The van der Waals surface area contributed by atoms with Crippen molar-refractivity contribution in [3.8, 4) is 0 Å². The smallest absolute Gasteiger partial charge is 0.197 e. The first kappa shape index (κ1) is 13.2. The lowest BCUT2D eigenvalue weighted by atomic mass is 10.3. The third-order valence-electron chi connectivity index (χ3n) is 1.47. The number of H-pyrrole nitrogens is 1. The zero-order valence-corrected chi connectivity index (χ0v) is 9.00. The van der Waals surface area contributed by atoms with Crippen molar-refractivity contribution in [2.75, 3.05) is 5.73 Å². The minimum Gasteiger partial charge on any atom is -0.397 e. The summed E-state index contributed by atoms with van der Waals surface area (Å²) in [5.74, 6) is 0.131. The van der Waals surface area contributed by atoms with Gasteiger partial charge in [0.25, 0.3) is 0 Å². The number of rotatable bonds is 2. The molecule has 4 nitrogen and oxygen atoms in total. The Kier molecular flexibility index (Phi) is 6.70.